The van der Waals surface area contributed by atoms with Gasteiger partial charge in [-0.1, -0.05) is 29.8 Å². The Labute approximate surface area is 143 Å². The van der Waals surface area contributed by atoms with Crippen molar-refractivity contribution in [1.82, 2.24) is 5.32 Å². The minimum Gasteiger partial charge on any atom is -0.493 e. The van der Waals surface area contributed by atoms with E-state index in [1.165, 1.54) is 11.3 Å². The average molecular weight is 352 g/mol. The van der Waals surface area contributed by atoms with Gasteiger partial charge in [-0.05, 0) is 18.2 Å². The van der Waals surface area contributed by atoms with Gasteiger partial charge in [0.25, 0.3) is 0 Å². The van der Waals surface area contributed by atoms with Crippen molar-refractivity contribution in [2.45, 2.75) is 18.6 Å². The lowest BCUT2D eigenvalue weighted by molar-refractivity contribution is 0.191. The largest absolute Gasteiger partial charge is 0.493 e. The molecule has 1 aromatic heterocycles. The number of nitrogens with two attached hydrogens (primary N) is 1. The molecule has 23 heavy (non-hydrogen) atoms. The summed E-state index contributed by atoms with van der Waals surface area (Å²) in [5.41, 5.74) is 7.03. The Kier molecular flexibility index (Phi) is 5.05. The molecule has 0 fully saturated rings. The molecule has 0 spiro atoms. The third-order valence-electron chi connectivity index (χ3n) is 3.64. The lowest BCUT2D eigenvalue weighted by Crippen LogP contribution is -2.37. The summed E-state index contributed by atoms with van der Waals surface area (Å²) in [6.07, 6.45) is 0.117. The number of aliphatic hydroxyl groups is 1. The van der Waals surface area contributed by atoms with Crippen LogP contribution in [0.1, 0.15) is 29.0 Å². The number of benzene rings is 1. The maximum atomic E-state index is 10.1. The van der Waals surface area contributed by atoms with Crippen LogP contribution in [0.5, 0.6) is 5.75 Å². The second kappa shape index (κ2) is 7.21. The zero-order chi connectivity index (χ0) is 16.2. The summed E-state index contributed by atoms with van der Waals surface area (Å²) in [7, 11) is 0. The Hall–Kier alpha value is -1.76. The maximum absolute atomic E-state index is 10.1. The number of guanidine groups is 1. The molecule has 7 heteroatoms. The standard InChI is InChI=1S/C16H18ClN3O2S/c17-15-6-5-14(23-15)12(21)9-19-16(18)20-11-7-8-22-13-4-2-1-3-10(11)13/h1-6,11-12,21H,7-9H2,(H3,18,19,20). The average Bonchev–Trinajstić information content (AvgIpc) is 2.99. The van der Waals surface area contributed by atoms with Gasteiger partial charge in [0.2, 0.25) is 0 Å². The Bertz CT molecular complexity index is 704. The van der Waals surface area contributed by atoms with E-state index in [4.69, 9.17) is 22.1 Å². The molecule has 0 amide bonds. The second-order valence-corrected chi connectivity index (χ2v) is 7.00. The van der Waals surface area contributed by atoms with Gasteiger partial charge in [0.15, 0.2) is 5.96 Å². The molecule has 0 saturated heterocycles. The van der Waals surface area contributed by atoms with Crippen LogP contribution in [0.4, 0.5) is 0 Å². The molecule has 0 bridgehead atoms. The summed E-state index contributed by atoms with van der Waals surface area (Å²) < 4.78 is 6.27. The lowest BCUT2D eigenvalue weighted by atomic mass is 10.0. The molecule has 0 radical (unpaired) electrons. The third kappa shape index (κ3) is 3.96. The molecule has 4 N–H and O–H groups in total. The van der Waals surface area contributed by atoms with E-state index in [2.05, 4.69) is 10.3 Å². The molecule has 1 aliphatic heterocycles. The second-order valence-electron chi connectivity index (χ2n) is 5.26. The van der Waals surface area contributed by atoms with Gasteiger partial charge in [-0.15, -0.1) is 11.3 Å². The van der Waals surface area contributed by atoms with Gasteiger partial charge in [-0.2, -0.15) is 0 Å². The summed E-state index contributed by atoms with van der Waals surface area (Å²) in [5, 5.41) is 13.3. The van der Waals surface area contributed by atoms with Crippen molar-refractivity contribution >= 4 is 28.9 Å². The Morgan fingerprint density at radius 1 is 1.43 bits per heavy atom. The van der Waals surface area contributed by atoms with E-state index >= 15 is 0 Å². The summed E-state index contributed by atoms with van der Waals surface area (Å²) in [4.78, 5) is 5.01. The molecular weight excluding hydrogens is 334 g/mol. The molecule has 2 heterocycles. The van der Waals surface area contributed by atoms with Crippen LogP contribution in [0, 0.1) is 0 Å². The number of aliphatic imine (C=N–C) groups is 1. The predicted molar refractivity (Wildman–Crippen MR) is 93.2 cm³/mol. The van der Waals surface area contributed by atoms with Gasteiger partial charge >= 0.3 is 0 Å². The van der Waals surface area contributed by atoms with Crippen LogP contribution in [0.2, 0.25) is 4.34 Å². The topological polar surface area (TPSA) is 79.9 Å². The van der Waals surface area contributed by atoms with E-state index in [0.717, 1.165) is 22.6 Å². The van der Waals surface area contributed by atoms with Gasteiger partial charge < -0.3 is 20.9 Å². The highest BCUT2D eigenvalue weighted by molar-refractivity contribution is 7.16. The third-order valence-corrected chi connectivity index (χ3v) is 4.97. The molecule has 0 saturated carbocycles. The number of nitrogens with zero attached hydrogens (tertiary/aromatic N) is 1. The first-order chi connectivity index (χ1) is 11.1. The number of hydrogen-bond donors (Lipinski definition) is 3. The number of halogens is 1. The number of nitrogens with one attached hydrogen (secondary N) is 1. The van der Waals surface area contributed by atoms with Crippen molar-refractivity contribution < 1.29 is 9.84 Å². The zero-order valence-electron chi connectivity index (χ0n) is 12.4. The number of fused-ring (bicyclic) bond motifs is 1. The van der Waals surface area contributed by atoms with Crippen molar-refractivity contribution in [3.63, 3.8) is 0 Å². The Morgan fingerprint density at radius 2 is 2.26 bits per heavy atom. The van der Waals surface area contributed by atoms with E-state index in [1.54, 1.807) is 12.1 Å². The molecule has 1 aromatic carbocycles. The van der Waals surface area contributed by atoms with Gasteiger partial charge in [0.1, 0.15) is 11.9 Å². The van der Waals surface area contributed by atoms with Crippen LogP contribution < -0.4 is 15.8 Å². The number of rotatable bonds is 4. The highest BCUT2D eigenvalue weighted by atomic mass is 35.5. The van der Waals surface area contributed by atoms with Gasteiger partial charge in [-0.3, -0.25) is 4.99 Å². The van der Waals surface area contributed by atoms with Crippen LogP contribution in [-0.2, 0) is 0 Å². The van der Waals surface area contributed by atoms with Gasteiger partial charge in [-0.25, -0.2) is 0 Å². The summed E-state index contributed by atoms with van der Waals surface area (Å²) >= 11 is 7.21. The van der Waals surface area contributed by atoms with Crippen molar-refractivity contribution in [1.29, 1.82) is 0 Å². The quantitative estimate of drug-likeness (QED) is 0.584. The van der Waals surface area contributed by atoms with Crippen LogP contribution >= 0.6 is 22.9 Å². The van der Waals surface area contributed by atoms with E-state index in [0.29, 0.717) is 16.9 Å². The summed E-state index contributed by atoms with van der Waals surface area (Å²) in [6, 6.07) is 11.5. The number of aliphatic hydroxyl groups excluding tert-OH is 1. The molecule has 3 rings (SSSR count). The first-order valence-electron chi connectivity index (χ1n) is 7.35. The van der Waals surface area contributed by atoms with Crippen molar-refractivity contribution in [3.8, 4) is 5.75 Å². The van der Waals surface area contributed by atoms with Crippen molar-refractivity contribution in [2.75, 3.05) is 13.2 Å². The molecule has 5 nitrogen and oxygen atoms in total. The van der Waals surface area contributed by atoms with Crippen LogP contribution in [-0.4, -0.2) is 24.2 Å². The number of ether oxygens (including phenoxy) is 1. The molecule has 122 valence electrons. The molecule has 1 aliphatic rings. The van der Waals surface area contributed by atoms with E-state index < -0.39 is 6.10 Å². The fourth-order valence-corrected chi connectivity index (χ4v) is 3.54. The highest BCUT2D eigenvalue weighted by Gasteiger charge is 2.21. The summed E-state index contributed by atoms with van der Waals surface area (Å²) in [6.45, 7) is 0.832. The Morgan fingerprint density at radius 3 is 3.04 bits per heavy atom. The summed E-state index contributed by atoms with van der Waals surface area (Å²) in [5.74, 6) is 1.19. The van der Waals surface area contributed by atoms with E-state index in [9.17, 15) is 5.11 Å². The van der Waals surface area contributed by atoms with Crippen LogP contribution in [0.3, 0.4) is 0 Å². The molecule has 2 unspecified atom stereocenters. The Balaban J connectivity index is 1.62. The number of hydrogen-bond acceptors (Lipinski definition) is 4. The zero-order valence-corrected chi connectivity index (χ0v) is 14.0. The SMILES string of the molecule is NC(=NCC(O)c1ccc(Cl)s1)NC1CCOc2ccccc21. The van der Waals surface area contributed by atoms with E-state index in [1.807, 2.05) is 24.3 Å². The smallest absolute Gasteiger partial charge is 0.189 e. The maximum Gasteiger partial charge on any atom is 0.189 e. The fourth-order valence-electron chi connectivity index (χ4n) is 2.50. The van der Waals surface area contributed by atoms with E-state index in [-0.39, 0.29) is 12.6 Å². The van der Waals surface area contributed by atoms with Crippen molar-refractivity contribution in [3.05, 3.63) is 51.2 Å². The van der Waals surface area contributed by atoms with Gasteiger partial charge in [0, 0.05) is 16.9 Å². The first kappa shape index (κ1) is 16.1. The lowest BCUT2D eigenvalue weighted by Gasteiger charge is -2.27. The van der Waals surface area contributed by atoms with Crippen LogP contribution in [0.25, 0.3) is 0 Å². The highest BCUT2D eigenvalue weighted by Crippen LogP contribution is 2.31. The fraction of sp³-hybridized carbons (Fsp3) is 0.312. The first-order valence-corrected chi connectivity index (χ1v) is 8.54. The molecule has 0 aliphatic carbocycles. The monoisotopic (exact) mass is 351 g/mol. The number of thiophene rings is 1. The molecule has 2 atom stereocenters. The predicted octanol–water partition coefficient (Wildman–Crippen LogP) is 2.86. The van der Waals surface area contributed by atoms with Gasteiger partial charge in [0.05, 0.1) is 23.5 Å². The number of para-hydroxylation sites is 1. The van der Waals surface area contributed by atoms with Crippen molar-refractivity contribution in [2.24, 2.45) is 10.7 Å². The minimum atomic E-state index is -0.699. The molecule has 2 aromatic rings. The van der Waals surface area contributed by atoms with Crippen LogP contribution in [0.15, 0.2) is 41.4 Å². The molecular formula is C16H18ClN3O2S. The minimum absolute atomic E-state index is 0.0667. The normalized spacial score (nSPS) is 18.9.